The number of nitrogens with zero attached hydrogens (tertiary/aromatic N) is 1. The molecule has 17 heavy (non-hydrogen) atoms. The molecule has 2 heterocycles. The van der Waals surface area contributed by atoms with Gasteiger partial charge in [-0.15, -0.1) is 0 Å². The van der Waals surface area contributed by atoms with Crippen LogP contribution in [0.2, 0.25) is 0 Å². The van der Waals surface area contributed by atoms with Crippen molar-refractivity contribution in [1.82, 2.24) is 4.98 Å². The van der Waals surface area contributed by atoms with Crippen LogP contribution in [0.1, 0.15) is 10.4 Å². The summed E-state index contributed by atoms with van der Waals surface area (Å²) in [5.74, 6) is -0.348. The van der Waals surface area contributed by atoms with Crippen LogP contribution < -0.4 is 11.1 Å². The monoisotopic (exact) mass is 253 g/mol. The highest BCUT2D eigenvalue weighted by atomic mass is 32.2. The van der Waals surface area contributed by atoms with Gasteiger partial charge in [0, 0.05) is 11.6 Å². The standard InChI is InChI=1S/C10H11N3O3S/c11-9(14)8-2-1-4-12-10(8)13-7-3-5-17(15,16)6-7/h1-5,7H,6H2,(H2,11,14)(H,12,13). The van der Waals surface area contributed by atoms with Gasteiger partial charge in [-0.3, -0.25) is 4.79 Å². The first kappa shape index (κ1) is 11.6. The fourth-order valence-electron chi connectivity index (χ4n) is 1.56. The normalized spacial score (nSPS) is 21.3. The summed E-state index contributed by atoms with van der Waals surface area (Å²) in [5.41, 5.74) is 5.43. The smallest absolute Gasteiger partial charge is 0.252 e. The molecule has 1 atom stereocenters. The molecule has 0 spiro atoms. The quantitative estimate of drug-likeness (QED) is 0.783. The number of hydrogen-bond donors (Lipinski definition) is 2. The predicted molar refractivity (Wildman–Crippen MR) is 63.1 cm³/mol. The maximum absolute atomic E-state index is 11.2. The topological polar surface area (TPSA) is 102 Å². The Kier molecular flexibility index (Phi) is 2.84. The first-order valence-electron chi connectivity index (χ1n) is 4.90. The molecule has 1 aliphatic rings. The number of anilines is 1. The molecule has 0 aromatic carbocycles. The van der Waals surface area contributed by atoms with E-state index < -0.39 is 15.7 Å². The van der Waals surface area contributed by atoms with E-state index in [2.05, 4.69) is 10.3 Å². The molecule has 1 amide bonds. The van der Waals surface area contributed by atoms with E-state index in [1.54, 1.807) is 6.07 Å². The van der Waals surface area contributed by atoms with Crippen LogP contribution in [0.4, 0.5) is 5.82 Å². The third-order valence-electron chi connectivity index (χ3n) is 2.33. The van der Waals surface area contributed by atoms with Crippen LogP contribution in [-0.2, 0) is 9.84 Å². The molecule has 2 rings (SSSR count). The van der Waals surface area contributed by atoms with Crippen LogP contribution in [0.3, 0.4) is 0 Å². The second kappa shape index (κ2) is 4.17. The number of carbonyl (C=O) groups is 1. The molecule has 6 nitrogen and oxygen atoms in total. The average Bonchev–Trinajstić information content (AvgIpc) is 2.58. The van der Waals surface area contributed by atoms with E-state index in [0.717, 1.165) is 5.41 Å². The molecule has 0 radical (unpaired) electrons. The highest BCUT2D eigenvalue weighted by Crippen LogP contribution is 2.16. The number of amides is 1. The van der Waals surface area contributed by atoms with Gasteiger partial charge in [0.2, 0.25) is 0 Å². The molecule has 1 aliphatic heterocycles. The molecule has 0 bridgehead atoms. The molecule has 1 aromatic heterocycles. The Balaban J connectivity index is 2.21. The Labute approximate surface area is 98.5 Å². The summed E-state index contributed by atoms with van der Waals surface area (Å²) >= 11 is 0. The second-order valence-corrected chi connectivity index (χ2v) is 5.60. The maximum Gasteiger partial charge on any atom is 0.252 e. The molecular formula is C10H11N3O3S. The fraction of sp³-hybridized carbons (Fsp3) is 0.200. The zero-order valence-corrected chi connectivity index (χ0v) is 9.65. The lowest BCUT2D eigenvalue weighted by Gasteiger charge is -2.12. The van der Waals surface area contributed by atoms with Crippen molar-refractivity contribution in [1.29, 1.82) is 0 Å². The van der Waals surface area contributed by atoms with E-state index in [9.17, 15) is 13.2 Å². The number of sulfone groups is 1. The number of hydrogen-bond acceptors (Lipinski definition) is 5. The van der Waals surface area contributed by atoms with Crippen LogP contribution in [0.25, 0.3) is 0 Å². The Morgan fingerprint density at radius 3 is 2.88 bits per heavy atom. The number of carbonyl (C=O) groups excluding carboxylic acids is 1. The molecule has 0 fully saturated rings. The summed E-state index contributed by atoms with van der Waals surface area (Å²) in [6.07, 6.45) is 3.02. The second-order valence-electron chi connectivity index (χ2n) is 3.67. The van der Waals surface area contributed by atoms with Gasteiger partial charge in [-0.05, 0) is 18.2 Å². The van der Waals surface area contributed by atoms with Crippen LogP contribution in [-0.4, -0.2) is 31.1 Å². The van der Waals surface area contributed by atoms with Crippen LogP contribution in [0.15, 0.2) is 29.8 Å². The van der Waals surface area contributed by atoms with E-state index >= 15 is 0 Å². The van der Waals surface area contributed by atoms with Crippen LogP contribution >= 0.6 is 0 Å². The summed E-state index contributed by atoms with van der Waals surface area (Å²) in [7, 11) is -3.14. The number of nitrogens with two attached hydrogens (primary N) is 1. The zero-order valence-electron chi connectivity index (χ0n) is 8.83. The first-order chi connectivity index (χ1) is 7.98. The molecule has 0 aliphatic carbocycles. The van der Waals surface area contributed by atoms with E-state index in [0.29, 0.717) is 5.82 Å². The summed E-state index contributed by atoms with van der Waals surface area (Å²) in [6.45, 7) is 0. The largest absolute Gasteiger partial charge is 0.365 e. The lowest BCUT2D eigenvalue weighted by atomic mass is 10.2. The Morgan fingerprint density at radius 1 is 1.53 bits per heavy atom. The predicted octanol–water partition coefficient (Wildman–Crippen LogP) is -0.0969. The molecule has 1 aromatic rings. The number of primary amides is 1. The molecule has 0 saturated heterocycles. The van der Waals surface area contributed by atoms with Gasteiger partial charge in [0.15, 0.2) is 9.84 Å². The lowest BCUT2D eigenvalue weighted by molar-refractivity contribution is 0.100. The van der Waals surface area contributed by atoms with Gasteiger partial charge < -0.3 is 11.1 Å². The summed E-state index contributed by atoms with van der Waals surface area (Å²) in [6, 6.07) is 2.74. The third kappa shape index (κ3) is 2.62. The number of pyridine rings is 1. The summed E-state index contributed by atoms with van der Waals surface area (Å²) < 4.78 is 22.4. The SMILES string of the molecule is NC(=O)c1cccnc1NC1C=CS(=O)(=O)C1. The van der Waals surface area contributed by atoms with Crippen molar-refractivity contribution in [3.63, 3.8) is 0 Å². The molecule has 3 N–H and O–H groups in total. The van der Waals surface area contributed by atoms with Gasteiger partial charge in [-0.2, -0.15) is 0 Å². The molecular weight excluding hydrogens is 242 g/mol. The van der Waals surface area contributed by atoms with Crippen molar-refractivity contribution in [2.45, 2.75) is 6.04 Å². The van der Waals surface area contributed by atoms with Crippen molar-refractivity contribution < 1.29 is 13.2 Å². The van der Waals surface area contributed by atoms with E-state index in [-0.39, 0.29) is 17.4 Å². The highest BCUT2D eigenvalue weighted by Gasteiger charge is 2.22. The minimum Gasteiger partial charge on any atom is -0.365 e. The van der Waals surface area contributed by atoms with Gasteiger partial charge >= 0.3 is 0 Å². The van der Waals surface area contributed by atoms with Gasteiger partial charge in [0.05, 0.1) is 17.4 Å². The molecule has 0 saturated carbocycles. The van der Waals surface area contributed by atoms with Gasteiger partial charge in [-0.25, -0.2) is 13.4 Å². The Morgan fingerprint density at radius 2 is 2.29 bits per heavy atom. The summed E-state index contributed by atoms with van der Waals surface area (Å²) in [5, 5.41) is 4.02. The van der Waals surface area contributed by atoms with Crippen molar-refractivity contribution >= 4 is 21.6 Å². The highest BCUT2D eigenvalue weighted by molar-refractivity contribution is 7.94. The summed E-state index contributed by atoms with van der Waals surface area (Å²) in [4.78, 5) is 15.1. The van der Waals surface area contributed by atoms with Crippen LogP contribution in [0, 0.1) is 0 Å². The Hall–Kier alpha value is -1.89. The van der Waals surface area contributed by atoms with Crippen molar-refractivity contribution in [3.05, 3.63) is 35.4 Å². The van der Waals surface area contributed by atoms with Crippen molar-refractivity contribution in [3.8, 4) is 0 Å². The van der Waals surface area contributed by atoms with Crippen molar-refractivity contribution in [2.24, 2.45) is 5.73 Å². The maximum atomic E-state index is 11.2. The van der Waals surface area contributed by atoms with Gasteiger partial charge in [0.25, 0.3) is 5.91 Å². The molecule has 7 heteroatoms. The number of rotatable bonds is 3. The Bertz CT molecular complexity index is 580. The van der Waals surface area contributed by atoms with Crippen LogP contribution in [0.5, 0.6) is 0 Å². The fourth-order valence-corrected chi connectivity index (χ4v) is 2.80. The van der Waals surface area contributed by atoms with E-state index in [1.807, 2.05) is 0 Å². The van der Waals surface area contributed by atoms with E-state index in [1.165, 1.54) is 18.3 Å². The minimum atomic E-state index is -3.14. The zero-order chi connectivity index (χ0) is 12.5. The molecule has 90 valence electrons. The number of aromatic nitrogens is 1. The van der Waals surface area contributed by atoms with Gasteiger partial charge in [0.1, 0.15) is 5.82 Å². The van der Waals surface area contributed by atoms with E-state index in [4.69, 9.17) is 5.73 Å². The average molecular weight is 253 g/mol. The first-order valence-corrected chi connectivity index (χ1v) is 6.62. The van der Waals surface area contributed by atoms with Crippen molar-refractivity contribution in [2.75, 3.05) is 11.1 Å². The minimum absolute atomic E-state index is 0.0399. The number of nitrogens with one attached hydrogen (secondary N) is 1. The lowest BCUT2D eigenvalue weighted by Crippen LogP contribution is -2.24. The third-order valence-corrected chi connectivity index (χ3v) is 3.72. The van der Waals surface area contributed by atoms with Gasteiger partial charge in [-0.1, -0.05) is 0 Å². The molecule has 1 unspecified atom stereocenters.